The Morgan fingerprint density at radius 3 is 2.73 bits per heavy atom. The molecule has 0 N–H and O–H groups in total. The Bertz CT molecular complexity index is 333. The van der Waals surface area contributed by atoms with E-state index in [0.717, 1.165) is 5.33 Å². The lowest BCUT2D eigenvalue weighted by atomic mass is 10.3. The lowest BCUT2D eigenvalue weighted by molar-refractivity contribution is 0.596. The van der Waals surface area contributed by atoms with Crippen molar-refractivity contribution < 1.29 is 4.39 Å². The zero-order chi connectivity index (χ0) is 11.4. The van der Waals surface area contributed by atoms with Crippen LogP contribution in [0.15, 0.2) is 12.3 Å². The third kappa shape index (κ3) is 3.31. The molecule has 15 heavy (non-hydrogen) atoms. The number of alkyl halides is 1. The first kappa shape index (κ1) is 12.7. The van der Waals surface area contributed by atoms with Crippen LogP contribution >= 0.6 is 27.5 Å². The lowest BCUT2D eigenvalue weighted by Crippen LogP contribution is -2.33. The van der Waals surface area contributed by atoms with Gasteiger partial charge in [-0.15, -0.1) is 0 Å². The van der Waals surface area contributed by atoms with Gasteiger partial charge in [0.1, 0.15) is 0 Å². The molecular formula is C10H13BrClFN2. The van der Waals surface area contributed by atoms with Crippen LogP contribution in [0.3, 0.4) is 0 Å². The highest BCUT2D eigenvalue weighted by atomic mass is 79.9. The number of hydrogen-bond donors (Lipinski definition) is 0. The average Bonchev–Trinajstić information content (AvgIpc) is 2.15. The molecule has 0 unspecified atom stereocenters. The summed E-state index contributed by atoms with van der Waals surface area (Å²) in [6.07, 6.45) is 1.46. The van der Waals surface area contributed by atoms with Crippen LogP contribution in [0.5, 0.6) is 0 Å². The number of rotatable bonds is 4. The Balaban J connectivity index is 3.00. The van der Waals surface area contributed by atoms with Gasteiger partial charge in [-0.3, -0.25) is 0 Å². The van der Waals surface area contributed by atoms with Gasteiger partial charge in [-0.2, -0.15) is 0 Å². The van der Waals surface area contributed by atoms with Gasteiger partial charge in [0, 0.05) is 24.1 Å². The molecule has 0 bridgehead atoms. The minimum Gasteiger partial charge on any atom is -0.351 e. The largest absolute Gasteiger partial charge is 0.351 e. The highest BCUT2D eigenvalue weighted by Crippen LogP contribution is 2.21. The lowest BCUT2D eigenvalue weighted by Gasteiger charge is -2.27. The number of pyridine rings is 1. The third-order valence-electron chi connectivity index (χ3n) is 2.01. The van der Waals surface area contributed by atoms with Gasteiger partial charge < -0.3 is 4.90 Å². The molecule has 0 aromatic carbocycles. The topological polar surface area (TPSA) is 16.1 Å². The fourth-order valence-electron chi connectivity index (χ4n) is 1.32. The average molecular weight is 296 g/mol. The van der Waals surface area contributed by atoms with Crippen LogP contribution in [-0.2, 0) is 0 Å². The van der Waals surface area contributed by atoms with Crippen LogP contribution < -0.4 is 4.90 Å². The second-order valence-electron chi connectivity index (χ2n) is 3.44. The molecule has 0 fully saturated rings. The van der Waals surface area contributed by atoms with E-state index < -0.39 is 0 Å². The second-order valence-corrected chi connectivity index (χ2v) is 4.66. The SMILES string of the molecule is CC(C)N(CCBr)c1ncc(Cl)cc1F. The molecule has 2 nitrogen and oxygen atoms in total. The van der Waals surface area contributed by atoms with Gasteiger partial charge in [0.05, 0.1) is 5.02 Å². The first-order valence-corrected chi connectivity index (χ1v) is 6.20. The van der Waals surface area contributed by atoms with Crippen LogP contribution in [0.1, 0.15) is 13.8 Å². The highest BCUT2D eigenvalue weighted by molar-refractivity contribution is 9.09. The summed E-state index contributed by atoms with van der Waals surface area (Å²) < 4.78 is 13.6. The molecule has 0 aliphatic carbocycles. The maximum atomic E-state index is 13.6. The monoisotopic (exact) mass is 294 g/mol. The van der Waals surface area contributed by atoms with Crippen LogP contribution in [-0.4, -0.2) is 22.9 Å². The van der Waals surface area contributed by atoms with Crippen molar-refractivity contribution in [3.8, 4) is 0 Å². The molecule has 1 heterocycles. The summed E-state index contributed by atoms with van der Waals surface area (Å²) in [6.45, 7) is 4.71. The van der Waals surface area contributed by atoms with Gasteiger partial charge in [-0.1, -0.05) is 27.5 Å². The van der Waals surface area contributed by atoms with E-state index in [1.54, 1.807) is 0 Å². The van der Waals surface area contributed by atoms with E-state index in [4.69, 9.17) is 11.6 Å². The second kappa shape index (κ2) is 5.66. The van der Waals surface area contributed by atoms with Gasteiger partial charge in [0.2, 0.25) is 0 Å². The molecule has 0 spiro atoms. The van der Waals surface area contributed by atoms with E-state index in [1.165, 1.54) is 12.3 Å². The molecular weight excluding hydrogens is 282 g/mol. The molecule has 1 rings (SSSR count). The van der Waals surface area contributed by atoms with Crippen molar-refractivity contribution in [2.24, 2.45) is 0 Å². The Morgan fingerprint density at radius 2 is 2.27 bits per heavy atom. The Morgan fingerprint density at radius 1 is 1.60 bits per heavy atom. The molecule has 0 aliphatic rings. The van der Waals surface area contributed by atoms with Gasteiger partial charge >= 0.3 is 0 Å². The molecule has 0 aliphatic heterocycles. The minimum atomic E-state index is -0.378. The number of halogens is 3. The minimum absolute atomic E-state index is 0.200. The van der Waals surface area contributed by atoms with Gasteiger partial charge in [0.25, 0.3) is 0 Å². The Hall–Kier alpha value is -0.350. The van der Waals surface area contributed by atoms with Gasteiger partial charge in [-0.05, 0) is 19.9 Å². The molecule has 0 radical (unpaired) electrons. The molecule has 0 amide bonds. The van der Waals surface area contributed by atoms with E-state index >= 15 is 0 Å². The Kier molecular flexibility index (Phi) is 4.80. The van der Waals surface area contributed by atoms with Crippen molar-refractivity contribution in [2.45, 2.75) is 19.9 Å². The first-order valence-electron chi connectivity index (χ1n) is 4.70. The van der Waals surface area contributed by atoms with E-state index in [0.29, 0.717) is 17.4 Å². The number of anilines is 1. The number of hydrogen-bond acceptors (Lipinski definition) is 2. The van der Waals surface area contributed by atoms with Gasteiger partial charge in [0.15, 0.2) is 11.6 Å². The van der Waals surface area contributed by atoms with Crippen LogP contribution in [0.25, 0.3) is 0 Å². The van der Waals surface area contributed by atoms with E-state index in [9.17, 15) is 4.39 Å². The van der Waals surface area contributed by atoms with Crippen LogP contribution in [0.2, 0.25) is 5.02 Å². The number of nitrogens with zero attached hydrogens (tertiary/aromatic N) is 2. The molecule has 1 aromatic rings. The van der Waals surface area contributed by atoms with Gasteiger partial charge in [-0.25, -0.2) is 9.37 Å². The zero-order valence-corrected chi connectivity index (χ0v) is 11.0. The highest BCUT2D eigenvalue weighted by Gasteiger charge is 2.15. The van der Waals surface area contributed by atoms with Crippen molar-refractivity contribution in [3.63, 3.8) is 0 Å². The van der Waals surface area contributed by atoms with Crippen molar-refractivity contribution >= 4 is 33.3 Å². The van der Waals surface area contributed by atoms with Crippen LogP contribution in [0.4, 0.5) is 10.2 Å². The van der Waals surface area contributed by atoms with E-state index in [2.05, 4.69) is 20.9 Å². The molecule has 0 atom stereocenters. The molecule has 84 valence electrons. The summed E-state index contributed by atoms with van der Waals surface area (Å²) in [6, 6.07) is 1.48. The zero-order valence-electron chi connectivity index (χ0n) is 8.67. The molecule has 5 heteroatoms. The quantitative estimate of drug-likeness (QED) is 0.791. The fourth-order valence-corrected chi connectivity index (χ4v) is 1.85. The van der Waals surface area contributed by atoms with Crippen molar-refractivity contribution in [3.05, 3.63) is 23.1 Å². The summed E-state index contributed by atoms with van der Waals surface area (Å²) in [5, 5.41) is 1.09. The summed E-state index contributed by atoms with van der Waals surface area (Å²) >= 11 is 8.98. The smallest absolute Gasteiger partial charge is 0.167 e. The Labute approximate surface area is 103 Å². The van der Waals surface area contributed by atoms with Crippen molar-refractivity contribution in [1.29, 1.82) is 0 Å². The predicted molar refractivity (Wildman–Crippen MR) is 65.5 cm³/mol. The molecule has 1 aromatic heterocycles. The summed E-state index contributed by atoms with van der Waals surface area (Å²) in [7, 11) is 0. The third-order valence-corrected chi connectivity index (χ3v) is 2.57. The summed E-state index contributed by atoms with van der Waals surface area (Å²) in [4.78, 5) is 5.91. The first-order chi connectivity index (χ1) is 7.06. The van der Waals surface area contributed by atoms with Crippen molar-refractivity contribution in [1.82, 2.24) is 4.98 Å². The summed E-state index contributed by atoms with van der Waals surface area (Å²) in [5.74, 6) is -0.0222. The maximum Gasteiger partial charge on any atom is 0.167 e. The fraction of sp³-hybridized carbons (Fsp3) is 0.500. The van der Waals surface area contributed by atoms with Crippen molar-refractivity contribution in [2.75, 3.05) is 16.8 Å². The predicted octanol–water partition coefficient (Wildman–Crippen LogP) is 3.48. The van der Waals surface area contributed by atoms with Crippen LogP contribution in [0, 0.1) is 5.82 Å². The van der Waals surface area contributed by atoms with E-state index in [-0.39, 0.29) is 11.9 Å². The molecule has 0 saturated heterocycles. The standard InChI is InChI=1S/C10H13BrClFN2/c1-7(2)15(4-3-11)10-9(13)5-8(12)6-14-10/h5-7H,3-4H2,1-2H3. The maximum absolute atomic E-state index is 13.6. The molecule has 0 saturated carbocycles. The normalized spacial score (nSPS) is 10.8. The summed E-state index contributed by atoms with van der Waals surface area (Å²) in [5.41, 5.74) is 0. The van der Waals surface area contributed by atoms with E-state index in [1.807, 2.05) is 18.7 Å². The number of aromatic nitrogens is 1.